The summed E-state index contributed by atoms with van der Waals surface area (Å²) in [6.45, 7) is 9.45. The standard InChI is InChI=1S/C33H37NO3/c1-6-7-8-11-20-34(5)25-17-14-23(15-18-25)16-19-26-21-24(22-29(37-26)33(2,3)4)30-31(35)27-12-9-10-13-28(27)32(30)36/h9-10,12-19,21-22H,6-8,11,20H2,1-5H3/b19-16+. The van der Waals surface area contributed by atoms with Crippen LogP contribution in [0.3, 0.4) is 0 Å². The molecule has 1 aliphatic carbocycles. The van der Waals surface area contributed by atoms with Gasteiger partial charge in [0.15, 0.2) is 11.6 Å². The van der Waals surface area contributed by atoms with E-state index in [1.54, 1.807) is 30.3 Å². The molecule has 1 aliphatic heterocycles. The number of hydrogen-bond donors (Lipinski definition) is 0. The van der Waals surface area contributed by atoms with E-state index in [0.717, 1.165) is 12.1 Å². The molecule has 0 N–H and O–H groups in total. The largest absolute Gasteiger partial charge is 0.461 e. The van der Waals surface area contributed by atoms with Gasteiger partial charge in [0.25, 0.3) is 0 Å². The summed E-state index contributed by atoms with van der Waals surface area (Å²) in [5, 5.41) is 0. The molecule has 0 spiro atoms. The molecule has 0 fully saturated rings. The molecule has 37 heavy (non-hydrogen) atoms. The van der Waals surface area contributed by atoms with Crippen LogP contribution >= 0.6 is 0 Å². The number of unbranched alkanes of at least 4 members (excludes halogenated alkanes) is 3. The molecule has 0 unspecified atom stereocenters. The number of rotatable bonds is 8. The van der Waals surface area contributed by atoms with Crippen molar-refractivity contribution in [2.75, 3.05) is 18.5 Å². The van der Waals surface area contributed by atoms with Crippen molar-refractivity contribution in [1.29, 1.82) is 0 Å². The number of carbonyl (C=O) groups excluding carboxylic acids is 2. The minimum absolute atomic E-state index is 0.212. The molecule has 0 radical (unpaired) electrons. The van der Waals surface area contributed by atoms with Crippen LogP contribution in [-0.2, 0) is 4.74 Å². The highest BCUT2D eigenvalue weighted by molar-refractivity contribution is 6.40. The second kappa shape index (κ2) is 11.2. The fourth-order valence-electron chi connectivity index (χ4n) is 4.56. The van der Waals surface area contributed by atoms with Gasteiger partial charge in [-0.3, -0.25) is 9.59 Å². The Morgan fingerprint density at radius 3 is 2.08 bits per heavy atom. The van der Waals surface area contributed by atoms with E-state index in [2.05, 4.69) is 63.9 Å². The Labute approximate surface area is 221 Å². The predicted octanol–water partition coefficient (Wildman–Crippen LogP) is 7.94. The van der Waals surface area contributed by atoms with Crippen molar-refractivity contribution in [3.8, 4) is 0 Å². The highest BCUT2D eigenvalue weighted by Crippen LogP contribution is 2.37. The average Bonchev–Trinajstić information content (AvgIpc) is 3.14. The monoisotopic (exact) mass is 495 g/mol. The predicted molar refractivity (Wildman–Crippen MR) is 152 cm³/mol. The molecule has 0 atom stereocenters. The number of ether oxygens (including phenoxy) is 1. The lowest BCUT2D eigenvalue weighted by atomic mass is 9.89. The number of hydrogen-bond acceptors (Lipinski definition) is 4. The SMILES string of the molecule is CCCCCCN(C)c1ccc(/C=C/C2=CC(=C3C(=O)c4ccccc4C3=O)C=C(C(C)(C)C)O2)cc1. The van der Waals surface area contributed by atoms with Crippen molar-refractivity contribution < 1.29 is 14.3 Å². The van der Waals surface area contributed by atoms with Crippen molar-refractivity contribution in [3.05, 3.63) is 106 Å². The van der Waals surface area contributed by atoms with Gasteiger partial charge >= 0.3 is 0 Å². The van der Waals surface area contributed by atoms with Gasteiger partial charge in [0, 0.05) is 35.8 Å². The van der Waals surface area contributed by atoms with Crippen LogP contribution in [0.25, 0.3) is 6.08 Å². The van der Waals surface area contributed by atoms with Gasteiger partial charge in [-0.25, -0.2) is 0 Å². The van der Waals surface area contributed by atoms with E-state index in [9.17, 15) is 9.59 Å². The summed E-state index contributed by atoms with van der Waals surface area (Å²) < 4.78 is 6.21. The first-order chi connectivity index (χ1) is 17.7. The van der Waals surface area contributed by atoms with Crippen LogP contribution in [0.1, 0.15) is 79.7 Å². The summed E-state index contributed by atoms with van der Waals surface area (Å²) in [6.07, 6.45) is 12.5. The van der Waals surface area contributed by atoms with E-state index < -0.39 is 0 Å². The third kappa shape index (κ3) is 6.02. The van der Waals surface area contributed by atoms with Gasteiger partial charge in [0.2, 0.25) is 0 Å². The summed E-state index contributed by atoms with van der Waals surface area (Å²) in [4.78, 5) is 28.6. The average molecular weight is 496 g/mol. The van der Waals surface area contributed by atoms with Crippen LogP contribution in [-0.4, -0.2) is 25.2 Å². The van der Waals surface area contributed by atoms with Crippen LogP contribution in [0.5, 0.6) is 0 Å². The van der Waals surface area contributed by atoms with Gasteiger partial charge in [-0.15, -0.1) is 0 Å². The van der Waals surface area contributed by atoms with Gasteiger partial charge in [-0.05, 0) is 47.9 Å². The lowest BCUT2D eigenvalue weighted by Gasteiger charge is -2.27. The first-order valence-corrected chi connectivity index (χ1v) is 13.2. The molecule has 4 heteroatoms. The first-order valence-electron chi connectivity index (χ1n) is 13.2. The van der Waals surface area contributed by atoms with Gasteiger partial charge in [0.05, 0.1) is 5.57 Å². The Kier molecular flexibility index (Phi) is 7.97. The van der Waals surface area contributed by atoms with E-state index in [-0.39, 0.29) is 22.6 Å². The number of nitrogens with zero attached hydrogens (tertiary/aromatic N) is 1. The number of benzene rings is 2. The number of ketones is 2. The highest BCUT2D eigenvalue weighted by atomic mass is 16.5. The summed E-state index contributed by atoms with van der Waals surface area (Å²) in [7, 11) is 2.14. The molecular formula is C33H37NO3. The lowest BCUT2D eigenvalue weighted by molar-refractivity contribution is 0.0987. The van der Waals surface area contributed by atoms with Gasteiger partial charge in [-0.2, -0.15) is 0 Å². The summed E-state index contributed by atoms with van der Waals surface area (Å²) in [5.41, 5.74) is 3.70. The summed E-state index contributed by atoms with van der Waals surface area (Å²) in [6, 6.07) is 15.5. The second-order valence-electron chi connectivity index (χ2n) is 10.8. The Hall–Kier alpha value is -3.66. The molecule has 0 bridgehead atoms. The van der Waals surface area contributed by atoms with E-state index >= 15 is 0 Å². The van der Waals surface area contributed by atoms with E-state index in [1.165, 1.54) is 31.4 Å². The Balaban J connectivity index is 1.57. The second-order valence-corrected chi connectivity index (χ2v) is 10.8. The third-order valence-electron chi connectivity index (χ3n) is 6.83. The molecule has 4 nitrogen and oxygen atoms in total. The zero-order valence-corrected chi connectivity index (χ0v) is 22.6. The van der Waals surface area contributed by atoms with E-state index in [1.807, 2.05) is 18.2 Å². The Morgan fingerprint density at radius 2 is 1.49 bits per heavy atom. The van der Waals surface area contributed by atoms with Gasteiger partial charge < -0.3 is 9.64 Å². The topological polar surface area (TPSA) is 46.6 Å². The zero-order valence-electron chi connectivity index (χ0n) is 22.6. The first kappa shape index (κ1) is 26.4. The molecule has 1 heterocycles. The molecular weight excluding hydrogens is 458 g/mol. The molecule has 4 rings (SSSR count). The minimum Gasteiger partial charge on any atom is -0.461 e. The fourth-order valence-corrected chi connectivity index (χ4v) is 4.56. The zero-order chi connectivity index (χ0) is 26.6. The maximum atomic E-state index is 13.1. The molecule has 0 aromatic heterocycles. The van der Waals surface area contributed by atoms with Crippen LogP contribution < -0.4 is 4.90 Å². The van der Waals surface area contributed by atoms with Crippen LogP contribution in [0.2, 0.25) is 0 Å². The number of Topliss-reactive ketones (excluding diaryl/α,β-unsaturated/α-hetero) is 2. The number of carbonyl (C=O) groups is 2. The van der Waals surface area contributed by atoms with Crippen molar-refractivity contribution in [2.24, 2.45) is 5.41 Å². The van der Waals surface area contributed by atoms with Crippen LogP contribution in [0.4, 0.5) is 5.69 Å². The quantitative estimate of drug-likeness (QED) is 0.212. The Morgan fingerprint density at radius 1 is 0.838 bits per heavy atom. The van der Waals surface area contributed by atoms with Crippen LogP contribution in [0.15, 0.2) is 89.4 Å². The maximum absolute atomic E-state index is 13.1. The normalized spacial score (nSPS) is 15.6. The highest BCUT2D eigenvalue weighted by Gasteiger charge is 2.36. The van der Waals surface area contributed by atoms with Crippen molar-refractivity contribution in [3.63, 3.8) is 0 Å². The van der Waals surface area contributed by atoms with Crippen molar-refractivity contribution in [1.82, 2.24) is 0 Å². The third-order valence-corrected chi connectivity index (χ3v) is 6.83. The van der Waals surface area contributed by atoms with Gasteiger partial charge in [0.1, 0.15) is 11.5 Å². The summed E-state index contributed by atoms with van der Waals surface area (Å²) >= 11 is 0. The van der Waals surface area contributed by atoms with Crippen LogP contribution in [0, 0.1) is 5.41 Å². The minimum atomic E-state index is -0.292. The Bertz CT molecular complexity index is 1260. The smallest absolute Gasteiger partial charge is 0.198 e. The fraction of sp³-hybridized carbons (Fsp3) is 0.333. The molecule has 0 amide bonds. The maximum Gasteiger partial charge on any atom is 0.198 e. The molecule has 2 aromatic carbocycles. The summed E-state index contributed by atoms with van der Waals surface area (Å²) in [5.74, 6) is 0.865. The van der Waals surface area contributed by atoms with Gasteiger partial charge in [-0.1, -0.05) is 89.4 Å². The molecule has 0 saturated carbocycles. The molecule has 192 valence electrons. The van der Waals surface area contributed by atoms with E-state index in [0.29, 0.717) is 28.2 Å². The van der Waals surface area contributed by atoms with Crippen molar-refractivity contribution in [2.45, 2.75) is 53.4 Å². The molecule has 0 saturated heterocycles. The lowest BCUT2D eigenvalue weighted by Crippen LogP contribution is -2.18. The molecule has 2 aliphatic rings. The number of fused-ring (bicyclic) bond motifs is 1. The molecule has 2 aromatic rings. The number of anilines is 1. The van der Waals surface area contributed by atoms with E-state index in [4.69, 9.17) is 4.74 Å². The van der Waals surface area contributed by atoms with Crippen molar-refractivity contribution >= 4 is 23.3 Å². The number of allylic oxidation sites excluding steroid dienone is 6.